The summed E-state index contributed by atoms with van der Waals surface area (Å²) in [5.41, 5.74) is 5.96. The van der Waals surface area contributed by atoms with Crippen molar-refractivity contribution in [3.63, 3.8) is 0 Å². The largest absolute Gasteiger partial charge is 0.369 e. The molecular weight excluding hydrogens is 406 g/mol. The van der Waals surface area contributed by atoms with Crippen molar-refractivity contribution >= 4 is 28.2 Å². The Morgan fingerprint density at radius 2 is 1.68 bits per heavy atom. The van der Waals surface area contributed by atoms with Crippen LogP contribution in [0, 0.1) is 0 Å². The summed E-state index contributed by atoms with van der Waals surface area (Å²) < 4.78 is 0. The molecule has 1 aromatic heterocycles. The van der Waals surface area contributed by atoms with E-state index in [0.29, 0.717) is 6.04 Å². The second-order valence-corrected chi connectivity index (χ2v) is 9.49. The van der Waals surface area contributed by atoms with E-state index in [4.69, 9.17) is 11.6 Å². The Bertz CT molecular complexity index is 1130. The summed E-state index contributed by atoms with van der Waals surface area (Å²) in [5, 5.41) is 2.02. The normalized spacial score (nSPS) is 18.2. The second-order valence-electron chi connectivity index (χ2n) is 9.05. The van der Waals surface area contributed by atoms with Gasteiger partial charge in [0.1, 0.15) is 0 Å². The monoisotopic (exact) mass is 435 g/mol. The molecule has 0 bridgehead atoms. The summed E-state index contributed by atoms with van der Waals surface area (Å²) in [6, 6.07) is 15.3. The zero-order valence-electron chi connectivity index (χ0n) is 18.2. The van der Waals surface area contributed by atoms with Gasteiger partial charge in [-0.2, -0.15) is 0 Å². The van der Waals surface area contributed by atoms with Crippen molar-refractivity contribution in [3.8, 4) is 0 Å². The molecule has 0 radical (unpaired) electrons. The number of aryl methyl sites for hydroxylation is 1. The zero-order chi connectivity index (χ0) is 21.4. The van der Waals surface area contributed by atoms with Gasteiger partial charge in [-0.1, -0.05) is 23.7 Å². The van der Waals surface area contributed by atoms with Gasteiger partial charge in [-0.15, -0.1) is 0 Å². The molecular formula is C26H30ClN3O. The first-order chi connectivity index (χ1) is 15.1. The van der Waals surface area contributed by atoms with Gasteiger partial charge in [0.25, 0.3) is 5.56 Å². The van der Waals surface area contributed by atoms with Crippen LogP contribution in [0.3, 0.4) is 0 Å². The molecule has 1 N–H and O–H groups in total. The Labute approximate surface area is 188 Å². The minimum Gasteiger partial charge on any atom is -0.369 e. The molecule has 1 atom stereocenters. The van der Waals surface area contributed by atoms with Crippen molar-refractivity contribution in [3.05, 3.63) is 74.5 Å². The average Bonchev–Trinajstić information content (AvgIpc) is 2.80. The van der Waals surface area contributed by atoms with Gasteiger partial charge in [0.15, 0.2) is 0 Å². The number of nitrogens with zero attached hydrogens (tertiary/aromatic N) is 2. The van der Waals surface area contributed by atoms with Crippen molar-refractivity contribution in [2.75, 3.05) is 31.1 Å². The molecule has 3 aromatic rings. The molecule has 1 saturated heterocycles. The number of benzene rings is 2. The van der Waals surface area contributed by atoms with E-state index in [0.717, 1.165) is 68.0 Å². The molecule has 162 valence electrons. The molecule has 2 heterocycles. The molecule has 2 aromatic carbocycles. The van der Waals surface area contributed by atoms with Crippen LogP contribution in [0.2, 0.25) is 5.02 Å². The van der Waals surface area contributed by atoms with Crippen LogP contribution in [0.5, 0.6) is 0 Å². The molecule has 0 spiro atoms. The van der Waals surface area contributed by atoms with Crippen molar-refractivity contribution in [2.45, 2.75) is 45.1 Å². The van der Waals surface area contributed by atoms with E-state index in [1.807, 2.05) is 12.1 Å². The van der Waals surface area contributed by atoms with E-state index in [-0.39, 0.29) is 5.56 Å². The highest BCUT2D eigenvalue weighted by Gasteiger charge is 2.22. The third-order valence-corrected chi connectivity index (χ3v) is 7.31. The number of nitrogens with one attached hydrogen (secondary N) is 1. The maximum absolute atomic E-state index is 12.5. The van der Waals surface area contributed by atoms with Gasteiger partial charge in [-0.3, -0.25) is 9.69 Å². The lowest BCUT2D eigenvalue weighted by Crippen LogP contribution is -2.50. The number of fused-ring (bicyclic) bond motifs is 3. The number of rotatable bonds is 4. The van der Waals surface area contributed by atoms with E-state index >= 15 is 0 Å². The molecule has 1 unspecified atom stereocenters. The Kier molecular flexibility index (Phi) is 5.77. The lowest BCUT2D eigenvalue weighted by atomic mass is 9.89. The maximum atomic E-state index is 12.5. The molecule has 5 heteroatoms. The standard InChI is InChI=1S/C26H30ClN3O/c1-18(29-12-14-30(15-13-29)21-9-7-20(27)8-10-21)16-19-6-11-23-22-4-2-3-5-24(22)26(31)28-25(23)17-19/h6-11,17-18H,2-5,12-16H2,1H3,(H,28,31). The van der Waals surface area contributed by atoms with Gasteiger partial charge in [-0.05, 0) is 80.5 Å². The fourth-order valence-corrected chi connectivity index (χ4v) is 5.40. The van der Waals surface area contributed by atoms with Gasteiger partial charge in [-0.25, -0.2) is 0 Å². The number of hydrogen-bond donors (Lipinski definition) is 1. The zero-order valence-corrected chi connectivity index (χ0v) is 18.9. The Hall–Kier alpha value is -2.30. The first-order valence-electron chi connectivity index (χ1n) is 11.5. The SMILES string of the molecule is CC(Cc1ccc2c3c(c(=O)[nH]c2c1)CCCC3)N1CCN(c2ccc(Cl)cc2)CC1. The first kappa shape index (κ1) is 20.6. The third-order valence-electron chi connectivity index (χ3n) is 7.06. The van der Waals surface area contributed by atoms with Crippen LogP contribution in [0.25, 0.3) is 10.9 Å². The fourth-order valence-electron chi connectivity index (χ4n) is 5.28. The highest BCUT2D eigenvalue weighted by atomic mass is 35.5. The third kappa shape index (κ3) is 4.24. The van der Waals surface area contributed by atoms with Crippen LogP contribution >= 0.6 is 11.6 Å². The van der Waals surface area contributed by atoms with Crippen molar-refractivity contribution in [1.29, 1.82) is 0 Å². The van der Waals surface area contributed by atoms with E-state index in [2.05, 4.69) is 52.0 Å². The number of aromatic amines is 1. The molecule has 0 saturated carbocycles. The minimum atomic E-state index is 0.116. The predicted molar refractivity (Wildman–Crippen MR) is 130 cm³/mol. The van der Waals surface area contributed by atoms with Gasteiger partial charge in [0.05, 0.1) is 0 Å². The first-order valence-corrected chi connectivity index (χ1v) is 11.9. The number of hydrogen-bond acceptors (Lipinski definition) is 3. The van der Waals surface area contributed by atoms with Crippen LogP contribution in [-0.2, 0) is 19.3 Å². The summed E-state index contributed by atoms with van der Waals surface area (Å²) in [6.07, 6.45) is 5.26. The van der Waals surface area contributed by atoms with Crippen molar-refractivity contribution < 1.29 is 0 Å². The van der Waals surface area contributed by atoms with E-state index in [1.165, 1.54) is 28.6 Å². The van der Waals surface area contributed by atoms with Crippen LogP contribution < -0.4 is 10.5 Å². The van der Waals surface area contributed by atoms with E-state index in [9.17, 15) is 4.79 Å². The molecule has 1 aliphatic heterocycles. The summed E-state index contributed by atoms with van der Waals surface area (Å²) in [5.74, 6) is 0. The Balaban J connectivity index is 1.27. The highest BCUT2D eigenvalue weighted by Crippen LogP contribution is 2.27. The van der Waals surface area contributed by atoms with Crippen LogP contribution in [0.15, 0.2) is 47.3 Å². The van der Waals surface area contributed by atoms with Crippen LogP contribution in [0.1, 0.15) is 36.5 Å². The van der Waals surface area contributed by atoms with Crippen LogP contribution in [-0.4, -0.2) is 42.1 Å². The highest BCUT2D eigenvalue weighted by molar-refractivity contribution is 6.30. The summed E-state index contributed by atoms with van der Waals surface area (Å²) in [7, 11) is 0. The van der Waals surface area contributed by atoms with Gasteiger partial charge in [0, 0.05) is 59.4 Å². The second kappa shape index (κ2) is 8.68. The molecule has 2 aliphatic rings. The lowest BCUT2D eigenvalue weighted by Gasteiger charge is -2.39. The smallest absolute Gasteiger partial charge is 0.251 e. The van der Waals surface area contributed by atoms with Crippen LogP contribution in [0.4, 0.5) is 5.69 Å². The summed E-state index contributed by atoms with van der Waals surface area (Å²) in [6.45, 7) is 6.49. The summed E-state index contributed by atoms with van der Waals surface area (Å²) in [4.78, 5) is 20.7. The molecule has 31 heavy (non-hydrogen) atoms. The number of halogens is 1. The lowest BCUT2D eigenvalue weighted by molar-refractivity contribution is 0.196. The molecule has 1 aliphatic carbocycles. The quantitative estimate of drug-likeness (QED) is 0.639. The van der Waals surface area contributed by atoms with E-state index in [1.54, 1.807) is 0 Å². The van der Waals surface area contributed by atoms with Gasteiger partial charge in [0.2, 0.25) is 0 Å². The molecule has 4 nitrogen and oxygen atoms in total. The minimum absolute atomic E-state index is 0.116. The van der Waals surface area contributed by atoms with Crippen molar-refractivity contribution in [1.82, 2.24) is 9.88 Å². The number of H-pyrrole nitrogens is 1. The Morgan fingerprint density at radius 1 is 0.968 bits per heavy atom. The Morgan fingerprint density at radius 3 is 2.42 bits per heavy atom. The van der Waals surface area contributed by atoms with Crippen molar-refractivity contribution in [2.24, 2.45) is 0 Å². The average molecular weight is 436 g/mol. The number of piperazine rings is 1. The summed E-state index contributed by atoms with van der Waals surface area (Å²) >= 11 is 6.03. The number of aromatic nitrogens is 1. The molecule has 1 fully saturated rings. The topological polar surface area (TPSA) is 39.3 Å². The van der Waals surface area contributed by atoms with E-state index < -0.39 is 0 Å². The maximum Gasteiger partial charge on any atom is 0.251 e. The number of pyridine rings is 1. The molecule has 0 amide bonds. The fraction of sp³-hybridized carbons (Fsp3) is 0.423. The van der Waals surface area contributed by atoms with Gasteiger partial charge >= 0.3 is 0 Å². The van der Waals surface area contributed by atoms with Gasteiger partial charge < -0.3 is 9.88 Å². The predicted octanol–water partition coefficient (Wildman–Crippen LogP) is 4.81. The molecule has 5 rings (SSSR count). The number of anilines is 1.